The van der Waals surface area contributed by atoms with Gasteiger partial charge in [0.05, 0.1) is 5.69 Å². The van der Waals surface area contributed by atoms with Crippen LogP contribution in [0, 0.1) is 6.92 Å². The van der Waals surface area contributed by atoms with Crippen molar-refractivity contribution < 1.29 is 14.3 Å². The predicted octanol–water partition coefficient (Wildman–Crippen LogP) is 3.10. The summed E-state index contributed by atoms with van der Waals surface area (Å²) in [4.78, 5) is 24.9. The van der Waals surface area contributed by atoms with Crippen molar-refractivity contribution in [3.05, 3.63) is 58.6 Å². The first-order valence-corrected chi connectivity index (χ1v) is 8.40. The molecule has 1 unspecified atom stereocenters. The summed E-state index contributed by atoms with van der Waals surface area (Å²) in [6.45, 7) is 3.90. The van der Waals surface area contributed by atoms with Crippen LogP contribution in [0.4, 0.5) is 5.69 Å². The summed E-state index contributed by atoms with van der Waals surface area (Å²) in [5.74, 6) is -0.576. The minimum atomic E-state index is -1.62. The number of rotatable bonds is 4. The summed E-state index contributed by atoms with van der Waals surface area (Å²) in [5.41, 5.74) is 1.15. The van der Waals surface area contributed by atoms with E-state index >= 15 is 0 Å². The molecule has 2 aromatic rings. The van der Waals surface area contributed by atoms with E-state index in [1.165, 1.54) is 12.5 Å². The second-order valence-electron chi connectivity index (χ2n) is 6.22. The lowest BCUT2D eigenvalue weighted by Gasteiger charge is -2.33. The van der Waals surface area contributed by atoms with Gasteiger partial charge in [0.1, 0.15) is 5.75 Å². The van der Waals surface area contributed by atoms with Crippen molar-refractivity contribution in [2.45, 2.75) is 25.9 Å². The average molecular weight is 359 g/mol. The van der Waals surface area contributed by atoms with Crippen molar-refractivity contribution in [3.8, 4) is 5.75 Å². The molecule has 1 heterocycles. The van der Waals surface area contributed by atoms with E-state index in [1.54, 1.807) is 18.2 Å². The number of fused-ring (bicyclic) bond motifs is 1. The van der Waals surface area contributed by atoms with Crippen molar-refractivity contribution in [3.63, 3.8) is 0 Å². The van der Waals surface area contributed by atoms with Gasteiger partial charge in [-0.05, 0) is 44.0 Å². The second kappa shape index (κ2) is 6.76. The number of carbonyl (C=O) groups excluding carboxylic acids is 2. The molecule has 2 aromatic carbocycles. The first-order valence-electron chi connectivity index (χ1n) is 8.02. The Labute approximate surface area is 151 Å². The van der Waals surface area contributed by atoms with Crippen LogP contribution in [0.25, 0.3) is 0 Å². The number of aryl methyl sites for hydroxylation is 1. The fourth-order valence-electron chi connectivity index (χ4n) is 2.59. The Morgan fingerprint density at radius 2 is 1.96 bits per heavy atom. The lowest BCUT2D eigenvalue weighted by Crippen LogP contribution is -2.58. The molecule has 0 radical (unpaired) electrons. The van der Waals surface area contributed by atoms with E-state index in [-0.39, 0.29) is 0 Å². The van der Waals surface area contributed by atoms with Gasteiger partial charge in [0.15, 0.2) is 0 Å². The molecule has 0 bridgehead atoms. The van der Waals surface area contributed by atoms with Crippen LogP contribution in [0.2, 0.25) is 5.02 Å². The van der Waals surface area contributed by atoms with E-state index in [0.29, 0.717) is 29.4 Å². The summed E-state index contributed by atoms with van der Waals surface area (Å²) in [6.07, 6.45) is 0.677. The van der Waals surface area contributed by atoms with Crippen molar-refractivity contribution in [2.24, 2.45) is 0 Å². The first kappa shape index (κ1) is 17.3. The highest BCUT2D eigenvalue weighted by Gasteiger charge is 2.47. The molecule has 5 nitrogen and oxygen atoms in total. The van der Waals surface area contributed by atoms with E-state index in [0.717, 1.165) is 5.56 Å². The van der Waals surface area contributed by atoms with Gasteiger partial charge in [0.25, 0.3) is 17.4 Å². The zero-order valence-corrected chi connectivity index (χ0v) is 14.8. The molecular formula is C19H19ClN2O3. The van der Waals surface area contributed by atoms with Crippen LogP contribution in [-0.2, 0) is 16.0 Å². The molecule has 0 saturated carbocycles. The molecule has 0 spiro atoms. The van der Waals surface area contributed by atoms with Gasteiger partial charge in [0.2, 0.25) is 0 Å². The van der Waals surface area contributed by atoms with E-state index < -0.39 is 17.4 Å². The molecular weight excluding hydrogens is 340 g/mol. The van der Waals surface area contributed by atoms with Gasteiger partial charge in [0, 0.05) is 11.6 Å². The smallest absolute Gasteiger partial charge is 0.278 e. The zero-order chi connectivity index (χ0) is 18.0. The zero-order valence-electron chi connectivity index (χ0n) is 14.1. The number of benzene rings is 2. The maximum absolute atomic E-state index is 12.5. The van der Waals surface area contributed by atoms with E-state index in [9.17, 15) is 9.59 Å². The summed E-state index contributed by atoms with van der Waals surface area (Å²) < 4.78 is 5.68. The number of carbonyl (C=O) groups is 2. The van der Waals surface area contributed by atoms with Crippen LogP contribution in [0.5, 0.6) is 5.75 Å². The van der Waals surface area contributed by atoms with Crippen molar-refractivity contribution >= 4 is 29.1 Å². The summed E-state index contributed by atoms with van der Waals surface area (Å²) in [6, 6.07) is 13.0. The predicted molar refractivity (Wildman–Crippen MR) is 97.0 cm³/mol. The monoisotopic (exact) mass is 358 g/mol. The third-order valence-electron chi connectivity index (χ3n) is 4.19. The van der Waals surface area contributed by atoms with E-state index in [2.05, 4.69) is 10.6 Å². The second-order valence-corrected chi connectivity index (χ2v) is 6.66. The van der Waals surface area contributed by atoms with Crippen molar-refractivity contribution in [1.29, 1.82) is 0 Å². The number of halogens is 1. The van der Waals surface area contributed by atoms with Crippen molar-refractivity contribution in [2.75, 3.05) is 11.9 Å². The van der Waals surface area contributed by atoms with Crippen LogP contribution in [-0.4, -0.2) is 24.0 Å². The summed E-state index contributed by atoms with van der Waals surface area (Å²) in [7, 11) is 0. The highest BCUT2D eigenvalue weighted by Crippen LogP contribution is 2.35. The number of hydrogen-bond donors (Lipinski definition) is 2. The Hall–Kier alpha value is -2.53. The fraction of sp³-hybridized carbons (Fsp3) is 0.263. The average Bonchev–Trinajstić information content (AvgIpc) is 2.58. The van der Waals surface area contributed by atoms with Gasteiger partial charge in [-0.15, -0.1) is 0 Å². The largest absolute Gasteiger partial charge is 0.466 e. The van der Waals surface area contributed by atoms with Gasteiger partial charge in [-0.3, -0.25) is 9.59 Å². The molecule has 0 aliphatic carbocycles. The number of nitrogens with one attached hydrogen (secondary N) is 2. The number of hydrogen-bond acceptors (Lipinski definition) is 3. The van der Waals surface area contributed by atoms with E-state index in [1.807, 2.05) is 31.2 Å². The topological polar surface area (TPSA) is 67.4 Å². The molecule has 0 saturated heterocycles. The Morgan fingerprint density at radius 3 is 2.68 bits per heavy atom. The molecule has 2 N–H and O–H groups in total. The Kier molecular flexibility index (Phi) is 4.68. The fourth-order valence-corrected chi connectivity index (χ4v) is 2.76. The highest BCUT2D eigenvalue weighted by atomic mass is 35.5. The van der Waals surface area contributed by atoms with Crippen LogP contribution in [0.15, 0.2) is 42.5 Å². The molecule has 2 amide bonds. The molecule has 1 aliphatic heterocycles. The normalized spacial score (nSPS) is 18.8. The molecule has 1 aliphatic rings. The van der Waals surface area contributed by atoms with Gasteiger partial charge >= 0.3 is 0 Å². The molecule has 6 heteroatoms. The van der Waals surface area contributed by atoms with Crippen LogP contribution in [0.1, 0.15) is 18.1 Å². The van der Waals surface area contributed by atoms with Gasteiger partial charge in [-0.1, -0.05) is 41.4 Å². The third-order valence-corrected chi connectivity index (χ3v) is 4.43. The van der Waals surface area contributed by atoms with Crippen LogP contribution < -0.4 is 15.4 Å². The third kappa shape index (κ3) is 3.61. The molecule has 25 heavy (non-hydrogen) atoms. The lowest BCUT2D eigenvalue weighted by molar-refractivity contribution is -0.146. The summed E-state index contributed by atoms with van der Waals surface area (Å²) in [5, 5.41) is 5.94. The number of amides is 2. The molecule has 1 atom stereocenters. The maximum Gasteiger partial charge on any atom is 0.278 e. The van der Waals surface area contributed by atoms with Gasteiger partial charge in [-0.2, -0.15) is 0 Å². The molecule has 3 rings (SSSR count). The minimum absolute atomic E-state index is 0.417. The quantitative estimate of drug-likeness (QED) is 0.825. The van der Waals surface area contributed by atoms with E-state index in [4.69, 9.17) is 16.3 Å². The Bertz CT molecular complexity index is 820. The van der Waals surface area contributed by atoms with Crippen LogP contribution in [0.3, 0.4) is 0 Å². The van der Waals surface area contributed by atoms with Crippen molar-refractivity contribution in [1.82, 2.24) is 5.32 Å². The molecule has 130 valence electrons. The number of ether oxygens (including phenoxy) is 1. The Morgan fingerprint density at radius 1 is 1.24 bits per heavy atom. The molecule has 0 aromatic heterocycles. The standard InChI is InChI=1S/C19H19ClN2O3/c1-12-3-5-13(6-4-12)9-10-21-17(23)19(2)18(24)22-15-11-14(20)7-8-16(15)25-19/h3-8,11H,9-10H2,1-2H3,(H,21,23)(H,22,24). The Balaban J connectivity index is 1.65. The highest BCUT2D eigenvalue weighted by molar-refractivity contribution is 6.31. The lowest BCUT2D eigenvalue weighted by atomic mass is 10.0. The summed E-state index contributed by atoms with van der Waals surface area (Å²) >= 11 is 5.91. The maximum atomic E-state index is 12.5. The molecule has 0 fully saturated rings. The van der Waals surface area contributed by atoms with Gasteiger partial charge < -0.3 is 15.4 Å². The van der Waals surface area contributed by atoms with Gasteiger partial charge in [-0.25, -0.2) is 0 Å². The first-order chi connectivity index (χ1) is 11.9. The minimum Gasteiger partial charge on any atom is -0.466 e. The number of anilines is 1. The van der Waals surface area contributed by atoms with Crippen LogP contribution >= 0.6 is 11.6 Å². The SMILES string of the molecule is Cc1ccc(CCNC(=O)C2(C)Oc3ccc(Cl)cc3NC2=O)cc1.